The molecule has 0 spiro atoms. The van der Waals surface area contributed by atoms with Crippen LogP contribution in [0.2, 0.25) is 0 Å². The molecule has 0 aliphatic carbocycles. The van der Waals surface area contributed by atoms with E-state index in [9.17, 15) is 13.2 Å². The summed E-state index contributed by atoms with van der Waals surface area (Å²) in [4.78, 5) is 22.9. The predicted octanol–water partition coefficient (Wildman–Crippen LogP) is 4.13. The molecular formula is C25H28N4O4S. The van der Waals surface area contributed by atoms with E-state index in [1.807, 2.05) is 43.9 Å². The molecule has 3 aromatic rings. The van der Waals surface area contributed by atoms with Gasteiger partial charge in [0.05, 0.1) is 4.90 Å². The van der Waals surface area contributed by atoms with Gasteiger partial charge in [-0.25, -0.2) is 18.4 Å². The van der Waals surface area contributed by atoms with Crippen LogP contribution in [-0.2, 0) is 9.84 Å². The smallest absolute Gasteiger partial charge is 0.253 e. The molecule has 8 nitrogen and oxygen atoms in total. The molecule has 2 aromatic heterocycles. The number of carbonyl (C=O) groups excluding carboxylic acids is 1. The molecule has 0 radical (unpaired) electrons. The Hall–Kier alpha value is -3.46. The Bertz CT molecular complexity index is 1350. The van der Waals surface area contributed by atoms with Gasteiger partial charge in [-0.05, 0) is 62.9 Å². The maximum absolute atomic E-state index is 13.6. The predicted molar refractivity (Wildman–Crippen MR) is 129 cm³/mol. The Labute approximate surface area is 199 Å². The van der Waals surface area contributed by atoms with Crippen molar-refractivity contribution >= 4 is 21.6 Å². The van der Waals surface area contributed by atoms with E-state index < -0.39 is 15.7 Å². The summed E-state index contributed by atoms with van der Waals surface area (Å²) in [5.74, 6) is 0.432. The van der Waals surface area contributed by atoms with Crippen molar-refractivity contribution in [3.8, 4) is 11.6 Å². The zero-order chi connectivity index (χ0) is 24.7. The van der Waals surface area contributed by atoms with Gasteiger partial charge in [0.25, 0.3) is 5.91 Å². The summed E-state index contributed by atoms with van der Waals surface area (Å²) in [7, 11) is -4.20. The molecule has 1 amide bonds. The number of hydrogen-bond acceptors (Lipinski definition) is 7. The molecule has 1 atom stereocenters. The molecule has 1 saturated heterocycles. The molecule has 34 heavy (non-hydrogen) atoms. The van der Waals surface area contributed by atoms with Crippen LogP contribution in [0, 0.1) is 12.8 Å². The van der Waals surface area contributed by atoms with Crippen LogP contribution in [0.1, 0.15) is 43.1 Å². The van der Waals surface area contributed by atoms with E-state index in [2.05, 4.69) is 16.9 Å². The number of benzene rings is 1. The van der Waals surface area contributed by atoms with E-state index in [1.165, 1.54) is 18.3 Å². The van der Waals surface area contributed by atoms with E-state index >= 15 is 0 Å². The largest absolute Gasteiger partial charge is 0.439 e. The van der Waals surface area contributed by atoms with Crippen molar-refractivity contribution in [3.05, 3.63) is 65.9 Å². The van der Waals surface area contributed by atoms with Crippen LogP contribution < -0.4 is 15.4 Å². The molecule has 178 valence electrons. The van der Waals surface area contributed by atoms with Crippen molar-refractivity contribution in [2.45, 2.75) is 49.6 Å². The van der Waals surface area contributed by atoms with Crippen LogP contribution in [0.15, 0.2) is 64.6 Å². The fourth-order valence-electron chi connectivity index (χ4n) is 4.57. The highest BCUT2D eigenvalue weighted by molar-refractivity contribution is 7.91. The minimum atomic E-state index is -4.20. The Kier molecular flexibility index (Phi) is 6.07. The summed E-state index contributed by atoms with van der Waals surface area (Å²) in [6.45, 7) is 8.75. The lowest BCUT2D eigenvalue weighted by atomic mass is 9.97. The van der Waals surface area contributed by atoms with E-state index in [1.54, 1.807) is 18.2 Å². The fourth-order valence-corrected chi connectivity index (χ4v) is 5.96. The van der Waals surface area contributed by atoms with Crippen LogP contribution in [0.5, 0.6) is 11.6 Å². The van der Waals surface area contributed by atoms with E-state index in [4.69, 9.17) is 10.5 Å². The number of pyridine rings is 2. The molecular weight excluding hydrogens is 452 g/mol. The van der Waals surface area contributed by atoms with Gasteiger partial charge in [-0.2, -0.15) is 0 Å². The zero-order valence-corrected chi connectivity index (χ0v) is 20.5. The number of anilines is 1. The first-order chi connectivity index (χ1) is 16.0. The zero-order valence-electron chi connectivity index (χ0n) is 19.6. The van der Waals surface area contributed by atoms with E-state index in [-0.39, 0.29) is 32.7 Å². The number of carbonyl (C=O) groups is 1. The third kappa shape index (κ3) is 4.48. The number of aryl methyl sites for hydroxylation is 1. The third-order valence-corrected chi connectivity index (χ3v) is 7.64. The second-order valence-corrected chi connectivity index (χ2v) is 11.2. The van der Waals surface area contributed by atoms with Crippen LogP contribution in [0.25, 0.3) is 0 Å². The first-order valence-corrected chi connectivity index (χ1v) is 12.5. The number of amides is 1. The quantitative estimate of drug-likeness (QED) is 0.564. The standard InChI is InChI=1S/C25H28N4O4S/c1-16-7-5-8-18(13-16)33-20-9-6-10-21(28-20)34(31,32)19-11-12-27-24(22(19)23(26)30)29-15-17(2)14-25(29,3)4/h5-13,17H,14-15H2,1-4H3,(H2,26,30). The monoisotopic (exact) mass is 480 g/mol. The van der Waals surface area contributed by atoms with E-state index in [0.29, 0.717) is 18.2 Å². The number of aromatic nitrogens is 2. The number of primary amides is 1. The fraction of sp³-hybridized carbons (Fsp3) is 0.320. The topological polar surface area (TPSA) is 115 Å². The van der Waals surface area contributed by atoms with Crippen LogP contribution >= 0.6 is 0 Å². The number of sulfone groups is 1. The summed E-state index contributed by atoms with van der Waals surface area (Å²) in [6, 6.07) is 13.1. The molecule has 1 unspecified atom stereocenters. The lowest BCUT2D eigenvalue weighted by Crippen LogP contribution is -2.40. The third-order valence-electron chi connectivity index (χ3n) is 5.94. The van der Waals surface area contributed by atoms with Gasteiger partial charge in [-0.1, -0.05) is 25.1 Å². The van der Waals surface area contributed by atoms with Crippen molar-refractivity contribution in [1.82, 2.24) is 9.97 Å². The van der Waals surface area contributed by atoms with Gasteiger partial charge >= 0.3 is 0 Å². The molecule has 4 rings (SSSR count). The minimum absolute atomic E-state index is 0.121. The van der Waals surface area contributed by atoms with Crippen LogP contribution in [0.3, 0.4) is 0 Å². The first-order valence-electron chi connectivity index (χ1n) is 11.0. The SMILES string of the molecule is Cc1cccc(Oc2cccc(S(=O)(=O)c3ccnc(N4CC(C)CC4(C)C)c3C(N)=O)n2)c1. The lowest BCUT2D eigenvalue weighted by Gasteiger charge is -2.33. The highest BCUT2D eigenvalue weighted by Gasteiger charge is 2.40. The molecule has 1 aromatic carbocycles. The van der Waals surface area contributed by atoms with Gasteiger partial charge in [0.2, 0.25) is 15.7 Å². The molecule has 1 fully saturated rings. The second kappa shape index (κ2) is 8.72. The Morgan fingerprint density at radius 2 is 1.91 bits per heavy atom. The molecule has 9 heteroatoms. The van der Waals surface area contributed by atoms with Gasteiger partial charge in [0.15, 0.2) is 5.03 Å². The van der Waals surface area contributed by atoms with Crippen molar-refractivity contribution < 1.29 is 17.9 Å². The average Bonchev–Trinajstić information content (AvgIpc) is 3.05. The maximum Gasteiger partial charge on any atom is 0.253 e. The summed E-state index contributed by atoms with van der Waals surface area (Å²) in [5, 5.41) is -0.244. The molecule has 1 aliphatic rings. The van der Waals surface area contributed by atoms with Crippen molar-refractivity contribution in [3.63, 3.8) is 0 Å². The first kappa shape index (κ1) is 23.7. The molecule has 2 N–H and O–H groups in total. The summed E-state index contributed by atoms with van der Waals surface area (Å²) in [6.07, 6.45) is 2.27. The minimum Gasteiger partial charge on any atom is -0.439 e. The Morgan fingerprint density at radius 1 is 1.18 bits per heavy atom. The van der Waals surface area contributed by atoms with Gasteiger partial charge in [0, 0.05) is 24.3 Å². The Morgan fingerprint density at radius 3 is 2.56 bits per heavy atom. The molecule has 0 bridgehead atoms. The van der Waals surface area contributed by atoms with Crippen molar-refractivity contribution in [2.24, 2.45) is 11.7 Å². The van der Waals surface area contributed by atoms with Gasteiger partial charge < -0.3 is 15.4 Å². The Balaban J connectivity index is 1.78. The number of nitrogens with zero attached hydrogens (tertiary/aromatic N) is 3. The number of ether oxygens (including phenoxy) is 1. The molecule has 3 heterocycles. The maximum atomic E-state index is 13.6. The summed E-state index contributed by atoms with van der Waals surface area (Å²) >= 11 is 0. The summed E-state index contributed by atoms with van der Waals surface area (Å²) in [5.41, 5.74) is 6.27. The van der Waals surface area contributed by atoms with E-state index in [0.717, 1.165) is 12.0 Å². The van der Waals surface area contributed by atoms with Gasteiger partial charge in [-0.15, -0.1) is 0 Å². The van der Waals surface area contributed by atoms with Gasteiger partial charge in [0.1, 0.15) is 17.1 Å². The number of nitrogens with two attached hydrogens (primary N) is 1. The average molecular weight is 481 g/mol. The summed E-state index contributed by atoms with van der Waals surface area (Å²) < 4.78 is 33.0. The second-order valence-electron chi connectivity index (χ2n) is 9.34. The van der Waals surface area contributed by atoms with Crippen LogP contribution in [0.4, 0.5) is 5.82 Å². The van der Waals surface area contributed by atoms with Gasteiger partial charge in [-0.3, -0.25) is 4.79 Å². The molecule has 0 saturated carbocycles. The highest BCUT2D eigenvalue weighted by atomic mass is 32.2. The van der Waals surface area contributed by atoms with Crippen molar-refractivity contribution in [1.29, 1.82) is 0 Å². The number of rotatable bonds is 6. The van der Waals surface area contributed by atoms with Crippen molar-refractivity contribution in [2.75, 3.05) is 11.4 Å². The van der Waals surface area contributed by atoms with Crippen LogP contribution in [-0.4, -0.2) is 36.4 Å². The normalized spacial score (nSPS) is 17.5. The number of hydrogen-bond donors (Lipinski definition) is 1. The molecule has 1 aliphatic heterocycles. The lowest BCUT2D eigenvalue weighted by molar-refractivity contribution is 0.0997. The highest BCUT2D eigenvalue weighted by Crippen LogP contribution is 2.39.